The van der Waals surface area contributed by atoms with E-state index < -0.39 is 23.6 Å². The van der Waals surface area contributed by atoms with Gasteiger partial charge in [-0.15, -0.1) is 0 Å². The molecule has 1 rings (SSSR count). The van der Waals surface area contributed by atoms with Gasteiger partial charge in [0.2, 0.25) is 0 Å². The zero-order valence-electron chi connectivity index (χ0n) is 11.7. The summed E-state index contributed by atoms with van der Waals surface area (Å²) in [6.45, 7) is 2.00. The molecule has 0 aliphatic heterocycles. The number of halogens is 2. The Labute approximate surface area is 121 Å². The summed E-state index contributed by atoms with van der Waals surface area (Å²) in [5.41, 5.74) is 0.0593. The molecule has 1 unspecified atom stereocenters. The molecule has 1 aromatic rings. The second-order valence-corrected chi connectivity index (χ2v) is 4.84. The topological polar surface area (TPSA) is 78.4 Å². The lowest BCUT2D eigenvalue weighted by molar-refractivity contribution is -0.137. The Kier molecular flexibility index (Phi) is 6.58. The first-order valence-electron chi connectivity index (χ1n) is 6.56. The van der Waals surface area contributed by atoms with Gasteiger partial charge in [-0.25, -0.2) is 13.6 Å². The molecule has 21 heavy (non-hydrogen) atoms. The second kappa shape index (κ2) is 8.18. The van der Waals surface area contributed by atoms with Crippen LogP contribution in [-0.2, 0) is 11.3 Å². The van der Waals surface area contributed by atoms with E-state index in [4.69, 9.17) is 5.11 Å². The Balaban J connectivity index is 2.31. The maximum atomic E-state index is 13.3. The maximum absolute atomic E-state index is 13.3. The number of carbonyl (C=O) groups excluding carboxylic acids is 1. The monoisotopic (exact) mass is 300 g/mol. The van der Waals surface area contributed by atoms with Crippen molar-refractivity contribution in [2.45, 2.75) is 26.3 Å². The minimum Gasteiger partial charge on any atom is -0.481 e. The summed E-state index contributed by atoms with van der Waals surface area (Å²) in [4.78, 5) is 21.9. The molecule has 116 valence electrons. The molecule has 0 fully saturated rings. The predicted octanol–water partition coefficient (Wildman–Crippen LogP) is 2.26. The third-order valence-electron chi connectivity index (χ3n) is 2.91. The van der Waals surface area contributed by atoms with Crippen LogP contribution < -0.4 is 10.6 Å². The van der Waals surface area contributed by atoms with Gasteiger partial charge in [-0.3, -0.25) is 4.79 Å². The van der Waals surface area contributed by atoms with Crippen LogP contribution in [0.15, 0.2) is 18.2 Å². The minimum absolute atomic E-state index is 0.0118. The summed E-state index contributed by atoms with van der Waals surface area (Å²) in [7, 11) is 0. The highest BCUT2D eigenvalue weighted by molar-refractivity contribution is 5.73. The molecule has 2 amide bonds. The number of amides is 2. The molecule has 5 nitrogen and oxygen atoms in total. The molecule has 0 heterocycles. The number of nitrogens with one attached hydrogen (secondary N) is 2. The molecular formula is C14H18F2N2O3. The Bertz CT molecular complexity index is 509. The summed E-state index contributed by atoms with van der Waals surface area (Å²) in [6, 6.07) is 2.51. The molecule has 0 saturated heterocycles. The van der Waals surface area contributed by atoms with Crippen molar-refractivity contribution in [1.82, 2.24) is 10.6 Å². The van der Waals surface area contributed by atoms with Gasteiger partial charge in [0.1, 0.15) is 11.6 Å². The van der Waals surface area contributed by atoms with Gasteiger partial charge in [0.25, 0.3) is 0 Å². The summed E-state index contributed by atoms with van der Waals surface area (Å²) < 4.78 is 26.2. The van der Waals surface area contributed by atoms with Crippen LogP contribution in [0.5, 0.6) is 0 Å². The fraction of sp³-hybridized carbons (Fsp3) is 0.429. The van der Waals surface area contributed by atoms with Crippen LogP contribution in [0.3, 0.4) is 0 Å². The fourth-order valence-corrected chi connectivity index (χ4v) is 1.66. The molecule has 3 N–H and O–H groups in total. The zero-order valence-corrected chi connectivity index (χ0v) is 11.7. The number of benzene rings is 1. The third-order valence-corrected chi connectivity index (χ3v) is 2.91. The molecule has 1 aromatic carbocycles. The largest absolute Gasteiger partial charge is 0.481 e. The van der Waals surface area contributed by atoms with Crippen molar-refractivity contribution in [3.8, 4) is 0 Å². The van der Waals surface area contributed by atoms with Gasteiger partial charge in [0, 0.05) is 25.1 Å². The van der Waals surface area contributed by atoms with Crippen molar-refractivity contribution in [1.29, 1.82) is 0 Å². The maximum Gasteiger partial charge on any atom is 0.315 e. The highest BCUT2D eigenvalue weighted by atomic mass is 19.1. The molecule has 1 atom stereocenters. The minimum atomic E-state index is -0.882. The summed E-state index contributed by atoms with van der Waals surface area (Å²) >= 11 is 0. The van der Waals surface area contributed by atoms with Crippen LogP contribution >= 0.6 is 0 Å². The Morgan fingerprint density at radius 2 is 2.00 bits per heavy atom. The number of carboxylic acids is 1. The van der Waals surface area contributed by atoms with Gasteiger partial charge < -0.3 is 15.7 Å². The first-order valence-corrected chi connectivity index (χ1v) is 6.56. The molecule has 0 aromatic heterocycles. The smallest absolute Gasteiger partial charge is 0.315 e. The number of carboxylic acid groups (broad SMARTS) is 1. The van der Waals surface area contributed by atoms with Crippen LogP contribution in [0.2, 0.25) is 0 Å². The van der Waals surface area contributed by atoms with Crippen LogP contribution in [0.1, 0.15) is 25.3 Å². The van der Waals surface area contributed by atoms with E-state index in [2.05, 4.69) is 10.6 Å². The number of hydrogen-bond acceptors (Lipinski definition) is 2. The number of hydrogen-bond donors (Lipinski definition) is 3. The summed E-state index contributed by atoms with van der Waals surface area (Å²) in [6.07, 6.45) is 0.493. The molecule has 0 aliphatic rings. The van der Waals surface area contributed by atoms with Crippen molar-refractivity contribution in [3.63, 3.8) is 0 Å². The molecule has 0 bridgehead atoms. The van der Waals surface area contributed by atoms with Gasteiger partial charge in [0.05, 0.1) is 0 Å². The number of urea groups is 1. The van der Waals surface area contributed by atoms with Gasteiger partial charge in [-0.1, -0.05) is 6.92 Å². The highest BCUT2D eigenvalue weighted by Gasteiger charge is 2.09. The number of carbonyl (C=O) groups is 2. The normalized spacial score (nSPS) is 11.8. The lowest BCUT2D eigenvalue weighted by Gasteiger charge is -2.12. The number of rotatable bonds is 7. The van der Waals surface area contributed by atoms with Crippen molar-refractivity contribution in [3.05, 3.63) is 35.4 Å². The highest BCUT2D eigenvalue weighted by Crippen LogP contribution is 2.09. The van der Waals surface area contributed by atoms with Gasteiger partial charge in [0.15, 0.2) is 0 Å². The fourth-order valence-electron chi connectivity index (χ4n) is 1.66. The zero-order chi connectivity index (χ0) is 15.8. The first-order chi connectivity index (χ1) is 9.88. The second-order valence-electron chi connectivity index (χ2n) is 4.84. The SMILES string of the molecule is CC(CCC(=O)O)CNC(=O)NCc1cc(F)ccc1F. The predicted molar refractivity (Wildman–Crippen MR) is 72.6 cm³/mol. The van der Waals surface area contributed by atoms with Gasteiger partial charge in [-0.05, 0) is 30.5 Å². The Morgan fingerprint density at radius 1 is 1.29 bits per heavy atom. The molecule has 0 saturated carbocycles. The van der Waals surface area contributed by atoms with E-state index in [0.717, 1.165) is 18.2 Å². The van der Waals surface area contributed by atoms with E-state index in [1.165, 1.54) is 0 Å². The first kappa shape index (κ1) is 16.9. The van der Waals surface area contributed by atoms with Crippen LogP contribution in [0, 0.1) is 17.6 Å². The molecule has 0 aliphatic carbocycles. The quantitative estimate of drug-likeness (QED) is 0.723. The summed E-state index contributed by atoms with van der Waals surface area (Å²) in [5, 5.41) is 13.5. The van der Waals surface area contributed by atoms with Gasteiger partial charge >= 0.3 is 12.0 Å². The van der Waals surface area contributed by atoms with E-state index >= 15 is 0 Å². The number of aliphatic carboxylic acids is 1. The van der Waals surface area contributed by atoms with Crippen molar-refractivity contribution in [2.24, 2.45) is 5.92 Å². The molecule has 0 radical (unpaired) electrons. The molecular weight excluding hydrogens is 282 g/mol. The van der Waals surface area contributed by atoms with Crippen molar-refractivity contribution >= 4 is 12.0 Å². The van der Waals surface area contributed by atoms with Crippen LogP contribution in [0.25, 0.3) is 0 Å². The van der Waals surface area contributed by atoms with Crippen LogP contribution in [-0.4, -0.2) is 23.7 Å². The lowest BCUT2D eigenvalue weighted by Crippen LogP contribution is -2.37. The van der Waals surface area contributed by atoms with Crippen LogP contribution in [0.4, 0.5) is 13.6 Å². The van der Waals surface area contributed by atoms with E-state index in [-0.39, 0.29) is 24.4 Å². The lowest BCUT2D eigenvalue weighted by atomic mass is 10.1. The average Bonchev–Trinajstić information content (AvgIpc) is 2.43. The Hall–Kier alpha value is -2.18. The standard InChI is InChI=1S/C14H18F2N2O3/c1-9(2-5-13(19)20)7-17-14(21)18-8-10-6-11(15)3-4-12(10)16/h3-4,6,9H,2,5,7-8H2,1H3,(H,19,20)(H2,17,18,21). The molecule has 0 spiro atoms. The van der Waals surface area contributed by atoms with E-state index in [0.29, 0.717) is 13.0 Å². The average molecular weight is 300 g/mol. The van der Waals surface area contributed by atoms with Crippen molar-refractivity contribution < 1.29 is 23.5 Å². The third kappa shape index (κ3) is 6.69. The van der Waals surface area contributed by atoms with E-state index in [1.54, 1.807) is 0 Å². The molecule has 7 heteroatoms. The van der Waals surface area contributed by atoms with E-state index in [1.807, 2.05) is 6.92 Å². The summed E-state index contributed by atoms with van der Waals surface area (Å²) in [5.74, 6) is -2.03. The Morgan fingerprint density at radius 3 is 2.67 bits per heavy atom. The van der Waals surface area contributed by atoms with E-state index in [9.17, 15) is 18.4 Å². The van der Waals surface area contributed by atoms with Crippen molar-refractivity contribution in [2.75, 3.05) is 6.54 Å². The van der Waals surface area contributed by atoms with Gasteiger partial charge in [-0.2, -0.15) is 0 Å².